The minimum atomic E-state index is -0.625. The third-order valence-electron chi connectivity index (χ3n) is 16.4. The van der Waals surface area contributed by atoms with Gasteiger partial charge in [0.25, 0.3) is 0 Å². The van der Waals surface area contributed by atoms with Gasteiger partial charge in [-0.3, -0.25) is 4.79 Å². The number of carbonyl (C=O) groups excluding carboxylic acids is 1. The van der Waals surface area contributed by atoms with E-state index in [0.29, 0.717) is 37.1 Å². The summed E-state index contributed by atoms with van der Waals surface area (Å²) < 4.78 is 31.9. The van der Waals surface area contributed by atoms with E-state index in [0.717, 1.165) is 51.6 Å². The zero-order chi connectivity index (χ0) is 35.5. The van der Waals surface area contributed by atoms with Gasteiger partial charge in [-0.2, -0.15) is 0 Å². The van der Waals surface area contributed by atoms with Crippen LogP contribution < -0.4 is 0 Å². The fraction of sp³-hybridized carbons (Fsp3) is 0.930. The Bertz CT molecular complexity index is 1230. The Balaban J connectivity index is 1.28. The van der Waals surface area contributed by atoms with E-state index in [9.17, 15) is 4.79 Å². The van der Waals surface area contributed by atoms with Crippen LogP contribution in [0, 0.1) is 56.7 Å². The molecule has 0 radical (unpaired) electrons. The molecule has 0 bridgehead atoms. The third kappa shape index (κ3) is 6.01. The van der Waals surface area contributed by atoms with Gasteiger partial charge in [-0.15, -0.1) is 0 Å². The quantitative estimate of drug-likeness (QED) is 0.0934. The average Bonchev–Trinajstić information content (AvgIpc) is 3.06. The SMILES string of the molecule is CCCCCCCCOCOC1C[C@@]2(C)C(CC[C@]3(C)C2CC=C2C4[C@@H](C)[C@H](C)CC[C@]4(C(=O)OC)CC[C@]23C)[C@@]2(C)COC(C)(C)OC12. The van der Waals surface area contributed by atoms with E-state index in [1.54, 1.807) is 12.7 Å². The first-order valence-corrected chi connectivity index (χ1v) is 20.4. The average molecular weight is 685 g/mol. The highest BCUT2D eigenvalue weighted by Gasteiger charge is 2.72. The monoisotopic (exact) mass is 685 g/mol. The highest BCUT2D eigenvalue weighted by molar-refractivity contribution is 5.78. The summed E-state index contributed by atoms with van der Waals surface area (Å²) in [5.74, 6) is 1.74. The summed E-state index contributed by atoms with van der Waals surface area (Å²) >= 11 is 0. The van der Waals surface area contributed by atoms with Crippen LogP contribution in [0.1, 0.15) is 152 Å². The Hall–Kier alpha value is -0.950. The lowest BCUT2D eigenvalue weighted by atomic mass is 9.33. The van der Waals surface area contributed by atoms with Crippen LogP contribution in [0.2, 0.25) is 0 Å². The fourth-order valence-electron chi connectivity index (χ4n) is 13.3. The van der Waals surface area contributed by atoms with Crippen LogP contribution in [0.25, 0.3) is 0 Å². The maximum atomic E-state index is 13.7. The van der Waals surface area contributed by atoms with E-state index in [4.69, 9.17) is 23.7 Å². The highest BCUT2D eigenvalue weighted by atomic mass is 16.7. The van der Waals surface area contributed by atoms with Crippen molar-refractivity contribution in [2.24, 2.45) is 56.7 Å². The fourth-order valence-corrected chi connectivity index (χ4v) is 13.3. The number of allylic oxidation sites excluding steroid dienone is 2. The maximum Gasteiger partial charge on any atom is 0.312 e. The number of carbonyl (C=O) groups is 1. The third-order valence-corrected chi connectivity index (χ3v) is 16.4. The smallest absolute Gasteiger partial charge is 0.312 e. The van der Waals surface area contributed by atoms with Crippen molar-refractivity contribution in [3.8, 4) is 0 Å². The van der Waals surface area contributed by atoms with Crippen molar-refractivity contribution in [1.82, 2.24) is 0 Å². The van der Waals surface area contributed by atoms with Crippen molar-refractivity contribution in [1.29, 1.82) is 0 Å². The summed E-state index contributed by atoms with van der Waals surface area (Å²) in [4.78, 5) is 13.7. The lowest BCUT2D eigenvalue weighted by molar-refractivity contribution is -0.375. The standard InChI is InChI=1S/C43H72O6/c1-11-12-13-14-15-16-25-46-28-47-32-26-39(6)33(40(7)27-48-38(4,5)49-36(32)40)20-21-42(9)34(39)18-17-31-35-30(3)29(2)19-22-43(35,37(44)45-10)24-23-41(31,42)8/h17,29-30,32-36H,11-16,18-28H2,1-10H3/t29-,30+,32?,33?,34?,35?,36?,39+,40-,41-,42-,43+/m1/s1. The molecular weight excluding hydrogens is 612 g/mol. The summed E-state index contributed by atoms with van der Waals surface area (Å²) in [6, 6.07) is 0. The van der Waals surface area contributed by atoms with E-state index in [1.165, 1.54) is 44.9 Å². The van der Waals surface area contributed by atoms with Crippen LogP contribution in [0.15, 0.2) is 11.6 Å². The molecule has 0 aromatic rings. The molecule has 1 saturated heterocycles. The first-order chi connectivity index (χ1) is 23.1. The van der Waals surface area contributed by atoms with Crippen LogP contribution in [0.5, 0.6) is 0 Å². The van der Waals surface area contributed by atoms with E-state index in [1.807, 2.05) is 0 Å². The number of fused-ring (bicyclic) bond motifs is 9. The molecule has 5 fully saturated rings. The number of unbranched alkanes of at least 4 members (excludes halogenated alkanes) is 5. The predicted molar refractivity (Wildman–Crippen MR) is 195 cm³/mol. The summed E-state index contributed by atoms with van der Waals surface area (Å²) in [7, 11) is 1.61. The Morgan fingerprint density at radius 2 is 1.63 bits per heavy atom. The zero-order valence-corrected chi connectivity index (χ0v) is 33.1. The van der Waals surface area contributed by atoms with Gasteiger partial charge in [0.1, 0.15) is 6.79 Å². The molecule has 49 heavy (non-hydrogen) atoms. The van der Waals surface area contributed by atoms with Gasteiger partial charge in [-0.25, -0.2) is 0 Å². The van der Waals surface area contributed by atoms with E-state index >= 15 is 0 Å². The van der Waals surface area contributed by atoms with Gasteiger partial charge in [0.15, 0.2) is 5.79 Å². The number of rotatable bonds is 11. The van der Waals surface area contributed by atoms with Gasteiger partial charge >= 0.3 is 5.97 Å². The molecule has 4 saturated carbocycles. The van der Waals surface area contributed by atoms with Crippen molar-refractivity contribution < 1.29 is 28.5 Å². The van der Waals surface area contributed by atoms with E-state index in [-0.39, 0.29) is 51.2 Å². The molecule has 5 unspecified atom stereocenters. The molecule has 1 heterocycles. The summed E-state index contributed by atoms with van der Waals surface area (Å²) in [6.45, 7) is 23.3. The molecule has 6 aliphatic rings. The molecule has 1 aliphatic heterocycles. The molecule has 0 aromatic carbocycles. The maximum absolute atomic E-state index is 13.7. The number of ether oxygens (including phenoxy) is 5. The van der Waals surface area contributed by atoms with Gasteiger partial charge in [0, 0.05) is 12.0 Å². The molecule has 0 N–H and O–H groups in total. The lowest BCUT2D eigenvalue weighted by Crippen LogP contribution is -2.71. The first-order valence-electron chi connectivity index (χ1n) is 20.4. The Morgan fingerprint density at radius 3 is 2.37 bits per heavy atom. The number of esters is 1. The normalized spacial score (nSPS) is 47.1. The topological polar surface area (TPSA) is 63.2 Å². The lowest BCUT2D eigenvalue weighted by Gasteiger charge is -2.72. The molecule has 0 aromatic heterocycles. The van der Waals surface area contributed by atoms with Gasteiger partial charge in [0.2, 0.25) is 0 Å². The van der Waals surface area contributed by atoms with Crippen LogP contribution >= 0.6 is 0 Å². The second-order valence-electron chi connectivity index (χ2n) is 19.2. The van der Waals surface area contributed by atoms with Crippen molar-refractivity contribution >= 4 is 5.97 Å². The molecular formula is C43H72O6. The van der Waals surface area contributed by atoms with Gasteiger partial charge in [-0.1, -0.05) is 92.2 Å². The van der Waals surface area contributed by atoms with E-state index < -0.39 is 5.79 Å². The van der Waals surface area contributed by atoms with Crippen molar-refractivity contribution in [3.05, 3.63) is 11.6 Å². The van der Waals surface area contributed by atoms with Crippen LogP contribution in [-0.2, 0) is 28.5 Å². The molecule has 0 amide bonds. The molecule has 6 nitrogen and oxygen atoms in total. The summed E-state index contributed by atoms with van der Waals surface area (Å²) in [5.41, 5.74) is 1.31. The minimum Gasteiger partial charge on any atom is -0.469 e. The van der Waals surface area contributed by atoms with Crippen LogP contribution in [0.4, 0.5) is 0 Å². The minimum absolute atomic E-state index is 0.0264. The summed E-state index contributed by atoms with van der Waals surface area (Å²) in [6.07, 6.45) is 18.6. The van der Waals surface area contributed by atoms with Crippen LogP contribution in [0.3, 0.4) is 0 Å². The second-order valence-corrected chi connectivity index (χ2v) is 19.2. The summed E-state index contributed by atoms with van der Waals surface area (Å²) in [5, 5.41) is 0. The largest absolute Gasteiger partial charge is 0.469 e. The molecule has 5 aliphatic carbocycles. The molecule has 12 atom stereocenters. The molecule has 6 rings (SSSR count). The van der Waals surface area contributed by atoms with Gasteiger partial charge in [-0.05, 0) is 117 Å². The highest BCUT2D eigenvalue weighted by Crippen LogP contribution is 2.76. The van der Waals surface area contributed by atoms with E-state index in [2.05, 4.69) is 68.4 Å². The molecule has 0 spiro atoms. The number of methoxy groups -OCH3 is 1. The molecule has 280 valence electrons. The second kappa shape index (κ2) is 13.8. The van der Waals surface area contributed by atoms with Gasteiger partial charge < -0.3 is 23.7 Å². The van der Waals surface area contributed by atoms with Gasteiger partial charge in [0.05, 0.1) is 31.3 Å². The Morgan fingerprint density at radius 1 is 0.898 bits per heavy atom. The molecule has 6 heteroatoms. The predicted octanol–water partition coefficient (Wildman–Crippen LogP) is 10.3. The Kier molecular flexibility index (Phi) is 10.6. The number of hydrogen-bond acceptors (Lipinski definition) is 6. The Labute approximate surface area is 299 Å². The van der Waals surface area contributed by atoms with Crippen molar-refractivity contribution in [2.45, 2.75) is 170 Å². The zero-order valence-electron chi connectivity index (χ0n) is 33.1. The van der Waals surface area contributed by atoms with Crippen molar-refractivity contribution in [2.75, 3.05) is 27.1 Å². The van der Waals surface area contributed by atoms with Crippen LogP contribution in [-0.4, -0.2) is 51.1 Å². The number of hydrogen-bond donors (Lipinski definition) is 0. The first kappa shape index (κ1) is 37.8. The van der Waals surface area contributed by atoms with Crippen molar-refractivity contribution in [3.63, 3.8) is 0 Å².